The lowest BCUT2D eigenvalue weighted by atomic mass is 9.94. The number of anilines is 2. The largest absolute Gasteiger partial charge is 0.354 e. The lowest BCUT2D eigenvalue weighted by Gasteiger charge is -2.38. The van der Waals surface area contributed by atoms with Gasteiger partial charge in [0.2, 0.25) is 11.9 Å². The second kappa shape index (κ2) is 6.50. The minimum Gasteiger partial charge on any atom is -0.354 e. The molecule has 1 fully saturated rings. The zero-order valence-electron chi connectivity index (χ0n) is 14.3. The van der Waals surface area contributed by atoms with E-state index in [9.17, 15) is 4.79 Å². The van der Waals surface area contributed by atoms with E-state index >= 15 is 0 Å². The first kappa shape index (κ1) is 16.5. The van der Waals surface area contributed by atoms with Crippen molar-refractivity contribution >= 4 is 17.7 Å². The summed E-state index contributed by atoms with van der Waals surface area (Å²) in [5, 5.41) is 3.16. The third-order valence-electron chi connectivity index (χ3n) is 3.71. The smallest absolute Gasteiger partial charge is 0.228 e. The fourth-order valence-electron chi connectivity index (χ4n) is 2.56. The third-order valence-corrected chi connectivity index (χ3v) is 3.71. The number of carbonyl (C=O) groups is 1. The maximum atomic E-state index is 12.3. The van der Waals surface area contributed by atoms with Crippen LogP contribution in [-0.4, -0.2) is 53.5 Å². The molecule has 0 saturated carbocycles. The van der Waals surface area contributed by atoms with Crippen LogP contribution in [0.1, 0.15) is 33.4 Å². The number of hydrogen-bond acceptors (Lipinski definition) is 5. The van der Waals surface area contributed by atoms with Crippen molar-refractivity contribution in [3.8, 4) is 0 Å². The van der Waals surface area contributed by atoms with Crippen LogP contribution in [0.3, 0.4) is 0 Å². The van der Waals surface area contributed by atoms with Crippen molar-refractivity contribution in [1.29, 1.82) is 0 Å². The fraction of sp³-hybridized carbons (Fsp3) is 0.688. The molecule has 0 aliphatic carbocycles. The molecule has 0 spiro atoms. The van der Waals surface area contributed by atoms with Gasteiger partial charge in [-0.25, -0.2) is 4.98 Å². The summed E-state index contributed by atoms with van der Waals surface area (Å²) in [7, 11) is 0. The normalized spacial score (nSPS) is 15.9. The highest BCUT2D eigenvalue weighted by Crippen LogP contribution is 2.21. The van der Waals surface area contributed by atoms with Gasteiger partial charge in [-0.2, -0.15) is 4.98 Å². The molecule has 0 aromatic carbocycles. The van der Waals surface area contributed by atoms with Crippen molar-refractivity contribution in [1.82, 2.24) is 14.9 Å². The van der Waals surface area contributed by atoms with Gasteiger partial charge in [-0.1, -0.05) is 20.8 Å². The summed E-state index contributed by atoms with van der Waals surface area (Å²) < 4.78 is 0. The monoisotopic (exact) mass is 305 g/mol. The van der Waals surface area contributed by atoms with Crippen LogP contribution < -0.4 is 10.2 Å². The number of hydrogen-bond donors (Lipinski definition) is 1. The SMILES string of the molecule is CCNc1nc(C)cc(N2CCN(C(=O)C(C)(C)C)CC2)n1. The fourth-order valence-corrected chi connectivity index (χ4v) is 2.56. The van der Waals surface area contributed by atoms with E-state index in [0.29, 0.717) is 5.95 Å². The van der Waals surface area contributed by atoms with Crippen molar-refractivity contribution in [3.05, 3.63) is 11.8 Å². The van der Waals surface area contributed by atoms with Crippen LogP contribution in [0.25, 0.3) is 0 Å². The first-order valence-corrected chi connectivity index (χ1v) is 7.95. The van der Waals surface area contributed by atoms with Gasteiger partial charge in [-0.05, 0) is 13.8 Å². The summed E-state index contributed by atoms with van der Waals surface area (Å²) in [5.41, 5.74) is 0.639. The summed E-state index contributed by atoms with van der Waals surface area (Å²) in [6.07, 6.45) is 0. The first-order chi connectivity index (χ1) is 10.3. The van der Waals surface area contributed by atoms with E-state index in [1.54, 1.807) is 0 Å². The molecule has 1 aliphatic rings. The van der Waals surface area contributed by atoms with E-state index in [2.05, 4.69) is 20.2 Å². The third kappa shape index (κ3) is 3.87. The molecule has 6 heteroatoms. The van der Waals surface area contributed by atoms with Gasteiger partial charge in [0.05, 0.1) is 0 Å². The van der Waals surface area contributed by atoms with Gasteiger partial charge in [0.25, 0.3) is 0 Å². The summed E-state index contributed by atoms with van der Waals surface area (Å²) in [6, 6.07) is 2.00. The highest BCUT2D eigenvalue weighted by Gasteiger charge is 2.30. The lowest BCUT2D eigenvalue weighted by Crippen LogP contribution is -2.51. The number of piperazine rings is 1. The minimum absolute atomic E-state index is 0.222. The van der Waals surface area contributed by atoms with Crippen LogP contribution in [0.15, 0.2) is 6.07 Å². The molecule has 1 aromatic heterocycles. The molecule has 22 heavy (non-hydrogen) atoms. The molecule has 122 valence electrons. The molecule has 1 aromatic rings. The average molecular weight is 305 g/mol. The van der Waals surface area contributed by atoms with Crippen molar-refractivity contribution in [2.24, 2.45) is 5.41 Å². The topological polar surface area (TPSA) is 61.4 Å². The van der Waals surface area contributed by atoms with Crippen LogP contribution in [0, 0.1) is 12.3 Å². The molecule has 0 radical (unpaired) electrons. The van der Waals surface area contributed by atoms with Crippen molar-refractivity contribution in [2.45, 2.75) is 34.6 Å². The second-order valence-electron chi connectivity index (χ2n) is 6.75. The summed E-state index contributed by atoms with van der Waals surface area (Å²) >= 11 is 0. The Bertz CT molecular complexity index is 530. The zero-order valence-corrected chi connectivity index (χ0v) is 14.3. The zero-order chi connectivity index (χ0) is 16.3. The Kier molecular flexibility index (Phi) is 4.88. The van der Waals surface area contributed by atoms with Crippen LogP contribution >= 0.6 is 0 Å². The van der Waals surface area contributed by atoms with E-state index in [1.165, 1.54) is 0 Å². The maximum absolute atomic E-state index is 12.3. The second-order valence-corrected chi connectivity index (χ2v) is 6.75. The van der Waals surface area contributed by atoms with Gasteiger partial charge < -0.3 is 15.1 Å². The quantitative estimate of drug-likeness (QED) is 0.924. The lowest BCUT2D eigenvalue weighted by molar-refractivity contribution is -0.139. The van der Waals surface area contributed by atoms with E-state index in [0.717, 1.165) is 44.2 Å². The highest BCUT2D eigenvalue weighted by atomic mass is 16.2. The Morgan fingerprint density at radius 2 is 1.86 bits per heavy atom. The number of nitrogens with zero attached hydrogens (tertiary/aromatic N) is 4. The summed E-state index contributed by atoms with van der Waals surface area (Å²) in [4.78, 5) is 25.5. The Morgan fingerprint density at radius 3 is 2.41 bits per heavy atom. The number of aryl methyl sites for hydroxylation is 1. The Hall–Kier alpha value is -1.85. The van der Waals surface area contributed by atoms with E-state index in [1.807, 2.05) is 45.6 Å². The standard InChI is InChI=1S/C16H27N5O/c1-6-17-15-18-12(2)11-13(19-15)20-7-9-21(10-8-20)14(22)16(3,4)5/h11H,6-10H2,1-5H3,(H,17,18,19). The summed E-state index contributed by atoms with van der Waals surface area (Å²) in [5.74, 6) is 1.83. The molecule has 0 atom stereocenters. The van der Waals surface area contributed by atoms with Gasteiger partial charge in [0.1, 0.15) is 5.82 Å². The van der Waals surface area contributed by atoms with E-state index in [-0.39, 0.29) is 11.3 Å². The molecule has 1 aliphatic heterocycles. The van der Waals surface area contributed by atoms with Crippen molar-refractivity contribution in [3.63, 3.8) is 0 Å². The van der Waals surface area contributed by atoms with Crippen LogP contribution in [0.5, 0.6) is 0 Å². The average Bonchev–Trinajstić information content (AvgIpc) is 2.45. The predicted molar refractivity (Wildman–Crippen MR) is 89.2 cm³/mol. The van der Waals surface area contributed by atoms with Gasteiger partial charge in [-0.15, -0.1) is 0 Å². The molecule has 1 N–H and O–H groups in total. The number of amides is 1. The Morgan fingerprint density at radius 1 is 1.23 bits per heavy atom. The molecule has 2 rings (SSSR count). The molecule has 2 heterocycles. The van der Waals surface area contributed by atoms with Crippen LogP contribution in [-0.2, 0) is 4.79 Å². The van der Waals surface area contributed by atoms with Gasteiger partial charge in [0, 0.05) is 49.9 Å². The van der Waals surface area contributed by atoms with Crippen molar-refractivity contribution < 1.29 is 4.79 Å². The van der Waals surface area contributed by atoms with Crippen molar-refractivity contribution in [2.75, 3.05) is 42.9 Å². The van der Waals surface area contributed by atoms with E-state index < -0.39 is 0 Å². The molecular weight excluding hydrogens is 278 g/mol. The number of rotatable bonds is 3. The van der Waals surface area contributed by atoms with Gasteiger partial charge >= 0.3 is 0 Å². The van der Waals surface area contributed by atoms with Crippen LogP contribution in [0.4, 0.5) is 11.8 Å². The number of aromatic nitrogens is 2. The first-order valence-electron chi connectivity index (χ1n) is 7.95. The minimum atomic E-state index is -0.314. The summed E-state index contributed by atoms with van der Waals surface area (Å²) in [6.45, 7) is 13.8. The molecule has 6 nitrogen and oxygen atoms in total. The Balaban J connectivity index is 2.04. The molecule has 0 unspecified atom stereocenters. The molecule has 1 amide bonds. The maximum Gasteiger partial charge on any atom is 0.228 e. The molecule has 1 saturated heterocycles. The van der Waals surface area contributed by atoms with Crippen LogP contribution in [0.2, 0.25) is 0 Å². The predicted octanol–water partition coefficient (Wildman–Crippen LogP) is 1.91. The van der Waals surface area contributed by atoms with E-state index in [4.69, 9.17) is 0 Å². The van der Waals surface area contributed by atoms with Gasteiger partial charge in [-0.3, -0.25) is 4.79 Å². The number of carbonyl (C=O) groups excluding carboxylic acids is 1. The number of nitrogens with one attached hydrogen (secondary N) is 1. The molecular formula is C16H27N5O. The Labute approximate surface area is 132 Å². The van der Waals surface area contributed by atoms with Gasteiger partial charge in [0.15, 0.2) is 0 Å². The highest BCUT2D eigenvalue weighted by molar-refractivity contribution is 5.81. The molecule has 0 bridgehead atoms.